The first-order valence-corrected chi connectivity index (χ1v) is 4.17. The molecule has 0 heterocycles. The summed E-state index contributed by atoms with van der Waals surface area (Å²) in [4.78, 5) is 9.87. The van der Waals surface area contributed by atoms with E-state index < -0.39 is 11.6 Å². The summed E-state index contributed by atoms with van der Waals surface area (Å²) in [6.45, 7) is 0.936. The van der Waals surface area contributed by atoms with Gasteiger partial charge in [-0.3, -0.25) is 14.5 Å². The summed E-state index contributed by atoms with van der Waals surface area (Å²) in [5.74, 6) is 0.446. The summed E-state index contributed by atoms with van der Waals surface area (Å²) in [6.07, 6.45) is 0. The van der Waals surface area contributed by atoms with Gasteiger partial charge in [-0.05, 0) is 11.6 Å². The molecule has 0 N–H and O–H groups in total. The Bertz CT molecular complexity index is 426. The van der Waals surface area contributed by atoms with Gasteiger partial charge in [-0.2, -0.15) is 5.26 Å². The van der Waals surface area contributed by atoms with Crippen LogP contribution in [-0.4, -0.2) is 11.6 Å². The van der Waals surface area contributed by atoms with E-state index in [0.717, 1.165) is 0 Å². The highest BCUT2D eigenvalue weighted by Gasteiger charge is 2.16. The van der Waals surface area contributed by atoms with Crippen molar-refractivity contribution < 1.29 is 9.31 Å². The fraction of sp³-hybridized carbons (Fsp3) is 0.200. The first-order valence-electron chi connectivity index (χ1n) is 4.17. The molecule has 0 aliphatic rings. The van der Waals surface area contributed by atoms with Crippen molar-refractivity contribution in [3.8, 4) is 6.07 Å². The highest BCUT2D eigenvalue weighted by Crippen LogP contribution is 2.23. The van der Waals surface area contributed by atoms with Gasteiger partial charge in [0.25, 0.3) is 5.69 Å². The van der Waals surface area contributed by atoms with Crippen LogP contribution in [0.15, 0.2) is 18.2 Å². The summed E-state index contributed by atoms with van der Waals surface area (Å²) in [5, 5.41) is 19.2. The van der Waals surface area contributed by atoms with Crippen molar-refractivity contribution in [1.29, 1.82) is 5.26 Å². The van der Waals surface area contributed by atoms with E-state index in [1.54, 1.807) is 13.0 Å². The third kappa shape index (κ3) is 2.29. The van der Waals surface area contributed by atoms with E-state index in [1.165, 1.54) is 18.2 Å². The van der Waals surface area contributed by atoms with Gasteiger partial charge in [0.05, 0.1) is 11.6 Å². The molecule has 0 saturated heterocycles. The van der Waals surface area contributed by atoms with Crippen LogP contribution in [0.4, 0.5) is 10.1 Å². The van der Waals surface area contributed by atoms with Crippen molar-refractivity contribution in [2.24, 2.45) is 0 Å². The summed E-state index contributed by atoms with van der Waals surface area (Å²) < 4.78 is 12.3. The Labute approximate surface area is 86.1 Å². The number of halogens is 1. The van der Waals surface area contributed by atoms with Crippen LogP contribution >= 0.6 is 0 Å². The minimum atomic E-state index is -0.636. The number of rotatable bonds is 3. The van der Waals surface area contributed by atoms with E-state index in [0.29, 0.717) is 11.5 Å². The first kappa shape index (κ1) is 11.1. The molecule has 1 rings (SSSR count). The van der Waals surface area contributed by atoms with E-state index in [1.807, 2.05) is 0 Å². The van der Waals surface area contributed by atoms with Crippen LogP contribution in [0.1, 0.15) is 18.1 Å². The smallest absolute Gasteiger partial charge is 0.258 e. The maximum atomic E-state index is 12.3. The number of hydrogen-bond acceptors (Lipinski definition) is 3. The highest BCUT2D eigenvalue weighted by atomic mass is 19.1. The van der Waals surface area contributed by atoms with Crippen molar-refractivity contribution >= 4 is 5.69 Å². The Morgan fingerprint density at radius 2 is 2.33 bits per heavy atom. The van der Waals surface area contributed by atoms with Crippen LogP contribution < -0.4 is 0 Å². The van der Waals surface area contributed by atoms with Crippen molar-refractivity contribution in [3.05, 3.63) is 45.4 Å². The van der Waals surface area contributed by atoms with Crippen molar-refractivity contribution in [2.45, 2.75) is 6.92 Å². The normalized spacial score (nSPS) is 10.0. The molecular formula is C10H8FN2O2. The third-order valence-corrected chi connectivity index (χ3v) is 2.01. The fourth-order valence-electron chi connectivity index (χ4n) is 1.13. The molecule has 0 spiro atoms. The van der Waals surface area contributed by atoms with Gasteiger partial charge in [-0.25, -0.2) is 0 Å². The van der Waals surface area contributed by atoms with Crippen LogP contribution in [0, 0.1) is 27.4 Å². The van der Waals surface area contributed by atoms with Crippen LogP contribution in [0.3, 0.4) is 0 Å². The maximum Gasteiger partial charge on any atom is 0.287 e. The number of hydrogen-bond donors (Lipinski definition) is 0. The zero-order chi connectivity index (χ0) is 11.4. The first-order chi connectivity index (χ1) is 7.10. The molecule has 0 amide bonds. The van der Waals surface area contributed by atoms with E-state index in [4.69, 9.17) is 5.26 Å². The van der Waals surface area contributed by atoms with Crippen LogP contribution in [0.25, 0.3) is 0 Å². The second-order valence-corrected chi connectivity index (χ2v) is 3.01. The van der Waals surface area contributed by atoms with Crippen LogP contribution in [0.2, 0.25) is 0 Å². The molecule has 77 valence electrons. The lowest BCUT2D eigenvalue weighted by Crippen LogP contribution is -1.99. The Morgan fingerprint density at radius 3 is 2.80 bits per heavy atom. The van der Waals surface area contributed by atoms with E-state index in [2.05, 4.69) is 0 Å². The number of nitrogens with zero attached hydrogens (tertiary/aromatic N) is 2. The molecule has 0 aliphatic heterocycles. The Balaban J connectivity index is 3.20. The molecule has 0 atom stereocenters. The second-order valence-electron chi connectivity index (χ2n) is 3.01. The topological polar surface area (TPSA) is 66.9 Å². The van der Waals surface area contributed by atoms with E-state index in [9.17, 15) is 14.5 Å². The SMILES string of the molecule is C[C](CF)c1ccc([N+](=O)[O-])c(C#N)c1. The third-order valence-electron chi connectivity index (χ3n) is 2.01. The molecule has 0 aromatic heterocycles. The number of nitro benzene ring substituents is 1. The van der Waals surface area contributed by atoms with Crippen molar-refractivity contribution in [1.82, 2.24) is 0 Å². The second kappa shape index (κ2) is 4.51. The zero-order valence-corrected chi connectivity index (χ0v) is 8.03. The Hall–Kier alpha value is -1.96. The number of nitriles is 1. The summed E-state index contributed by atoms with van der Waals surface area (Å²) in [5.41, 5.74) is 0.206. The van der Waals surface area contributed by atoms with Gasteiger partial charge in [0.1, 0.15) is 11.6 Å². The minimum Gasteiger partial charge on any atom is -0.258 e. The van der Waals surface area contributed by atoms with Gasteiger partial charge in [0.2, 0.25) is 0 Å². The van der Waals surface area contributed by atoms with E-state index >= 15 is 0 Å². The zero-order valence-electron chi connectivity index (χ0n) is 8.03. The maximum absolute atomic E-state index is 12.3. The lowest BCUT2D eigenvalue weighted by molar-refractivity contribution is -0.385. The van der Waals surface area contributed by atoms with Gasteiger partial charge in [-0.15, -0.1) is 0 Å². The van der Waals surface area contributed by atoms with Gasteiger partial charge in [0, 0.05) is 12.0 Å². The largest absolute Gasteiger partial charge is 0.287 e. The average molecular weight is 207 g/mol. The molecule has 0 saturated carbocycles. The molecule has 1 radical (unpaired) electrons. The van der Waals surface area contributed by atoms with Crippen LogP contribution in [0.5, 0.6) is 0 Å². The van der Waals surface area contributed by atoms with Crippen molar-refractivity contribution in [2.75, 3.05) is 6.67 Å². The van der Waals surface area contributed by atoms with Gasteiger partial charge in [0.15, 0.2) is 0 Å². The molecule has 0 unspecified atom stereocenters. The lowest BCUT2D eigenvalue weighted by Gasteiger charge is -2.06. The Morgan fingerprint density at radius 1 is 1.67 bits per heavy atom. The summed E-state index contributed by atoms with van der Waals surface area (Å²) >= 11 is 0. The molecule has 5 heteroatoms. The fourth-order valence-corrected chi connectivity index (χ4v) is 1.13. The Kier molecular flexibility index (Phi) is 3.34. The molecule has 4 nitrogen and oxygen atoms in total. The number of nitro groups is 1. The number of alkyl halides is 1. The van der Waals surface area contributed by atoms with Gasteiger partial charge >= 0.3 is 0 Å². The lowest BCUT2D eigenvalue weighted by atomic mass is 10.00. The predicted octanol–water partition coefficient (Wildman–Crippen LogP) is 2.38. The predicted molar refractivity (Wildman–Crippen MR) is 51.8 cm³/mol. The molecule has 15 heavy (non-hydrogen) atoms. The monoisotopic (exact) mass is 207 g/mol. The van der Waals surface area contributed by atoms with Crippen LogP contribution in [-0.2, 0) is 0 Å². The quantitative estimate of drug-likeness (QED) is 0.564. The van der Waals surface area contributed by atoms with Crippen molar-refractivity contribution in [3.63, 3.8) is 0 Å². The molecule has 0 bridgehead atoms. The van der Waals surface area contributed by atoms with Gasteiger partial charge in [-0.1, -0.05) is 13.0 Å². The molecule has 0 aliphatic carbocycles. The minimum absolute atomic E-state index is 0.0506. The molecular weight excluding hydrogens is 199 g/mol. The molecule has 1 aromatic rings. The number of benzene rings is 1. The standard InChI is InChI=1S/C10H8FN2O2/c1-7(5-11)8-2-3-10(13(14)15)9(4-8)6-12/h2-4H,5H2,1H3. The highest BCUT2D eigenvalue weighted by molar-refractivity contribution is 5.52. The molecule has 0 fully saturated rings. The summed E-state index contributed by atoms with van der Waals surface area (Å²) in [6, 6.07) is 5.70. The van der Waals surface area contributed by atoms with Gasteiger partial charge < -0.3 is 0 Å². The van der Waals surface area contributed by atoms with E-state index in [-0.39, 0.29) is 11.3 Å². The average Bonchev–Trinajstić information content (AvgIpc) is 2.26. The molecule has 1 aromatic carbocycles. The summed E-state index contributed by atoms with van der Waals surface area (Å²) in [7, 11) is 0.